The van der Waals surface area contributed by atoms with Crippen molar-refractivity contribution < 1.29 is 27.2 Å². The van der Waals surface area contributed by atoms with Gasteiger partial charge in [-0.2, -0.15) is 0 Å². The van der Waals surface area contributed by atoms with Gasteiger partial charge in [0.15, 0.2) is 11.6 Å². The highest BCUT2D eigenvalue weighted by Crippen LogP contribution is 2.33. The number of non-ortho nitro benzene ring substituents is 1. The van der Waals surface area contributed by atoms with Crippen LogP contribution in [0.2, 0.25) is 0 Å². The van der Waals surface area contributed by atoms with Gasteiger partial charge >= 0.3 is 0 Å². The van der Waals surface area contributed by atoms with E-state index in [1.165, 1.54) is 0 Å². The molecule has 118 valence electrons. The van der Waals surface area contributed by atoms with Crippen molar-refractivity contribution in [1.82, 2.24) is 0 Å². The molecule has 1 aromatic rings. The fourth-order valence-corrected chi connectivity index (χ4v) is 2.41. The average Bonchev–Trinajstić information content (AvgIpc) is 2.38. The first-order valence-electron chi connectivity index (χ1n) is 5.90. The van der Waals surface area contributed by atoms with E-state index in [2.05, 4.69) is 0 Å². The van der Waals surface area contributed by atoms with Crippen LogP contribution in [0, 0.1) is 15.9 Å². The normalized spacial score (nSPS) is 11.4. The lowest BCUT2D eigenvalue weighted by molar-refractivity contribution is -0.385. The van der Waals surface area contributed by atoms with Crippen LogP contribution in [0.25, 0.3) is 0 Å². The highest BCUT2D eigenvalue weighted by Gasteiger charge is 2.25. The smallest absolute Gasteiger partial charge is 0.273 e. The minimum absolute atomic E-state index is 0.117. The zero-order valence-corrected chi connectivity index (χ0v) is 12.6. The number of benzene rings is 1. The molecule has 0 saturated carbocycles. The zero-order chi connectivity index (χ0) is 16.0. The Labute approximate surface area is 125 Å². The number of nitrogens with zero attached hydrogens (tertiary/aromatic N) is 1. The Kier molecular flexibility index (Phi) is 6.31. The summed E-state index contributed by atoms with van der Waals surface area (Å²) >= 11 is 0. The summed E-state index contributed by atoms with van der Waals surface area (Å²) in [7, 11) is 0.749. The monoisotopic (exact) mass is 341 g/mol. The standard InChI is InChI=1S/C11H13ClFNO6S/c1-2-3-19-4-5-20-11-9(13)6-8(14(15)16)7-10(11)21(12,17)18/h6-7H,2-5H2,1H3. The largest absolute Gasteiger partial charge is 0.487 e. The summed E-state index contributed by atoms with van der Waals surface area (Å²) < 4.78 is 46.6. The third-order valence-corrected chi connectivity index (χ3v) is 3.62. The minimum Gasteiger partial charge on any atom is -0.487 e. The second-order valence-corrected chi connectivity index (χ2v) is 6.45. The lowest BCUT2D eigenvalue weighted by atomic mass is 10.3. The van der Waals surface area contributed by atoms with Crippen LogP contribution in [0.1, 0.15) is 13.3 Å². The summed E-state index contributed by atoms with van der Waals surface area (Å²) in [4.78, 5) is 8.90. The van der Waals surface area contributed by atoms with Gasteiger partial charge in [0.25, 0.3) is 14.7 Å². The van der Waals surface area contributed by atoms with Crippen LogP contribution >= 0.6 is 10.7 Å². The van der Waals surface area contributed by atoms with Gasteiger partial charge in [-0.1, -0.05) is 6.92 Å². The van der Waals surface area contributed by atoms with E-state index in [-0.39, 0.29) is 13.2 Å². The van der Waals surface area contributed by atoms with Gasteiger partial charge in [-0.15, -0.1) is 0 Å². The highest BCUT2D eigenvalue weighted by atomic mass is 35.7. The topological polar surface area (TPSA) is 95.7 Å². The van der Waals surface area contributed by atoms with Crippen LogP contribution in [0.15, 0.2) is 17.0 Å². The Morgan fingerprint density at radius 1 is 1.33 bits per heavy atom. The first kappa shape index (κ1) is 17.6. The summed E-state index contributed by atoms with van der Waals surface area (Å²) in [6, 6.07) is 1.21. The van der Waals surface area contributed by atoms with Crippen molar-refractivity contribution in [3.8, 4) is 5.75 Å². The minimum atomic E-state index is -4.40. The molecule has 7 nitrogen and oxygen atoms in total. The maximum absolute atomic E-state index is 13.8. The molecule has 0 spiro atoms. The molecule has 0 aliphatic rings. The fraction of sp³-hybridized carbons (Fsp3) is 0.455. The molecular formula is C11H13ClFNO6S. The van der Waals surface area contributed by atoms with Gasteiger partial charge in [0.2, 0.25) is 0 Å². The third-order valence-electron chi connectivity index (χ3n) is 2.29. The molecule has 0 radical (unpaired) electrons. The molecule has 0 amide bonds. The van der Waals surface area contributed by atoms with Crippen molar-refractivity contribution in [2.45, 2.75) is 18.2 Å². The van der Waals surface area contributed by atoms with Crippen molar-refractivity contribution in [2.75, 3.05) is 19.8 Å². The van der Waals surface area contributed by atoms with E-state index in [4.69, 9.17) is 20.2 Å². The van der Waals surface area contributed by atoms with Crippen molar-refractivity contribution in [2.24, 2.45) is 0 Å². The Balaban J connectivity index is 3.04. The Hall–Kier alpha value is -1.45. The maximum Gasteiger partial charge on any atom is 0.273 e. The van der Waals surface area contributed by atoms with Crippen molar-refractivity contribution in [3.05, 3.63) is 28.1 Å². The number of hydrogen-bond acceptors (Lipinski definition) is 6. The van der Waals surface area contributed by atoms with E-state index < -0.39 is 36.1 Å². The SMILES string of the molecule is CCCOCCOc1c(F)cc([N+](=O)[O-])cc1S(=O)(=O)Cl. The quantitative estimate of drug-likeness (QED) is 0.312. The van der Waals surface area contributed by atoms with Gasteiger partial charge in [0, 0.05) is 23.4 Å². The van der Waals surface area contributed by atoms with Gasteiger partial charge in [-0.05, 0) is 6.42 Å². The fourth-order valence-electron chi connectivity index (χ4n) is 1.43. The summed E-state index contributed by atoms with van der Waals surface area (Å²) in [5, 5.41) is 10.6. The Morgan fingerprint density at radius 2 is 2.00 bits per heavy atom. The van der Waals surface area contributed by atoms with Gasteiger partial charge in [-0.25, -0.2) is 12.8 Å². The van der Waals surface area contributed by atoms with E-state index in [9.17, 15) is 22.9 Å². The number of halogens is 2. The molecule has 0 aromatic heterocycles. The van der Waals surface area contributed by atoms with E-state index >= 15 is 0 Å². The molecular weight excluding hydrogens is 329 g/mol. The first-order chi connectivity index (χ1) is 9.77. The number of hydrogen-bond donors (Lipinski definition) is 0. The van der Waals surface area contributed by atoms with Crippen LogP contribution in [0.5, 0.6) is 5.75 Å². The van der Waals surface area contributed by atoms with Crippen LogP contribution in [-0.2, 0) is 13.8 Å². The van der Waals surface area contributed by atoms with Gasteiger partial charge in [0.1, 0.15) is 11.5 Å². The second kappa shape index (κ2) is 7.53. The molecule has 0 fully saturated rings. The number of rotatable bonds is 8. The molecule has 0 saturated heterocycles. The lowest BCUT2D eigenvalue weighted by Crippen LogP contribution is -2.10. The average molecular weight is 342 g/mol. The Morgan fingerprint density at radius 3 is 2.52 bits per heavy atom. The van der Waals surface area contributed by atoms with Crippen molar-refractivity contribution >= 4 is 25.4 Å². The Bertz CT molecular complexity index is 621. The molecule has 21 heavy (non-hydrogen) atoms. The first-order valence-corrected chi connectivity index (χ1v) is 8.21. The molecule has 0 aliphatic carbocycles. The lowest BCUT2D eigenvalue weighted by Gasteiger charge is -2.10. The molecule has 0 N–H and O–H groups in total. The molecule has 1 aromatic carbocycles. The van der Waals surface area contributed by atoms with Crippen molar-refractivity contribution in [1.29, 1.82) is 0 Å². The predicted molar refractivity (Wildman–Crippen MR) is 72.7 cm³/mol. The highest BCUT2D eigenvalue weighted by molar-refractivity contribution is 8.13. The third kappa shape index (κ3) is 5.10. The number of ether oxygens (including phenoxy) is 2. The summed E-state index contributed by atoms with van der Waals surface area (Å²) in [5.74, 6) is -1.84. The molecule has 10 heteroatoms. The van der Waals surface area contributed by atoms with Crippen LogP contribution in [0.4, 0.5) is 10.1 Å². The van der Waals surface area contributed by atoms with Gasteiger partial charge in [-0.3, -0.25) is 10.1 Å². The van der Waals surface area contributed by atoms with E-state index in [0.717, 1.165) is 6.42 Å². The second-order valence-electron chi connectivity index (χ2n) is 3.91. The molecule has 0 atom stereocenters. The van der Waals surface area contributed by atoms with Crippen LogP contribution < -0.4 is 4.74 Å². The summed E-state index contributed by atoms with van der Waals surface area (Å²) in [6.45, 7) is 2.38. The van der Waals surface area contributed by atoms with Crippen molar-refractivity contribution in [3.63, 3.8) is 0 Å². The number of nitro benzene ring substituents is 1. The molecule has 0 heterocycles. The van der Waals surface area contributed by atoms with E-state index in [0.29, 0.717) is 18.7 Å². The van der Waals surface area contributed by atoms with Crippen LogP contribution in [-0.4, -0.2) is 33.2 Å². The zero-order valence-electron chi connectivity index (χ0n) is 11.0. The molecule has 1 rings (SSSR count). The molecule has 0 unspecified atom stereocenters. The van der Waals surface area contributed by atoms with E-state index in [1.54, 1.807) is 0 Å². The molecule has 0 aliphatic heterocycles. The molecule has 0 bridgehead atoms. The van der Waals surface area contributed by atoms with Gasteiger partial charge in [0.05, 0.1) is 17.6 Å². The predicted octanol–water partition coefficient (Wildman–Crippen LogP) is 2.47. The maximum atomic E-state index is 13.8. The summed E-state index contributed by atoms with van der Waals surface area (Å²) in [6.07, 6.45) is 0.785. The van der Waals surface area contributed by atoms with Crippen LogP contribution in [0.3, 0.4) is 0 Å². The summed E-state index contributed by atoms with van der Waals surface area (Å²) in [5.41, 5.74) is -0.735. The van der Waals surface area contributed by atoms with E-state index in [1.807, 2.05) is 6.92 Å². The van der Waals surface area contributed by atoms with Gasteiger partial charge < -0.3 is 9.47 Å². The number of nitro groups is 1.